The lowest BCUT2D eigenvalue weighted by atomic mass is 9.96. The zero-order valence-electron chi connectivity index (χ0n) is 14.2. The Kier molecular flexibility index (Phi) is 4.66. The molecule has 0 radical (unpaired) electrons. The van der Waals surface area contributed by atoms with Crippen molar-refractivity contribution in [2.45, 2.75) is 57.7 Å². The van der Waals surface area contributed by atoms with Crippen molar-refractivity contribution in [1.29, 1.82) is 0 Å². The van der Waals surface area contributed by atoms with Gasteiger partial charge in [-0.05, 0) is 45.1 Å². The first-order valence-electron chi connectivity index (χ1n) is 8.42. The van der Waals surface area contributed by atoms with Crippen LogP contribution in [0, 0.1) is 6.92 Å². The summed E-state index contributed by atoms with van der Waals surface area (Å²) < 4.78 is 2.08. The third-order valence-electron chi connectivity index (χ3n) is 4.49. The van der Waals surface area contributed by atoms with E-state index < -0.39 is 5.60 Å². The van der Waals surface area contributed by atoms with E-state index in [0.29, 0.717) is 18.9 Å². The van der Waals surface area contributed by atoms with Crippen LogP contribution in [-0.2, 0) is 17.8 Å². The smallest absolute Gasteiger partial charge is 0.252 e. The monoisotopic (exact) mass is 328 g/mol. The summed E-state index contributed by atoms with van der Waals surface area (Å²) in [7, 11) is 0. The first kappa shape index (κ1) is 16.6. The van der Waals surface area contributed by atoms with E-state index in [4.69, 9.17) is 0 Å². The molecule has 1 amide bonds. The van der Waals surface area contributed by atoms with Crippen LogP contribution in [0.25, 0.3) is 0 Å². The number of hydrogen-bond donors (Lipinski definition) is 2. The summed E-state index contributed by atoms with van der Waals surface area (Å²) in [6.45, 7) is 3.77. The van der Waals surface area contributed by atoms with Crippen molar-refractivity contribution in [3.63, 3.8) is 0 Å². The number of aliphatic hydroxyl groups is 1. The number of benzene rings is 1. The molecule has 0 unspecified atom stereocenters. The average Bonchev–Trinajstić information content (AvgIpc) is 3.34. The Bertz CT molecular complexity index is 705. The quantitative estimate of drug-likeness (QED) is 0.814. The third-order valence-corrected chi connectivity index (χ3v) is 4.49. The molecule has 3 rings (SSSR count). The van der Waals surface area contributed by atoms with Gasteiger partial charge in [-0.1, -0.05) is 30.3 Å². The number of nitrogens with one attached hydrogen (secondary N) is 1. The number of nitrogens with zero attached hydrogens (tertiary/aromatic N) is 3. The van der Waals surface area contributed by atoms with Gasteiger partial charge in [0.25, 0.3) is 5.91 Å². The Morgan fingerprint density at radius 2 is 2.04 bits per heavy atom. The Labute approximate surface area is 141 Å². The molecule has 0 saturated heterocycles. The highest BCUT2D eigenvalue weighted by Crippen LogP contribution is 2.36. The highest BCUT2D eigenvalue weighted by Gasteiger charge is 2.31. The molecule has 2 aromatic rings. The van der Waals surface area contributed by atoms with E-state index >= 15 is 0 Å². The fourth-order valence-corrected chi connectivity index (χ4v) is 2.84. The van der Waals surface area contributed by atoms with Gasteiger partial charge in [0.05, 0.1) is 6.54 Å². The number of amides is 1. The van der Waals surface area contributed by atoms with Gasteiger partial charge in [-0.15, -0.1) is 10.2 Å². The van der Waals surface area contributed by atoms with Gasteiger partial charge in [0.2, 0.25) is 0 Å². The first-order valence-corrected chi connectivity index (χ1v) is 8.42. The van der Waals surface area contributed by atoms with Crippen LogP contribution in [0.5, 0.6) is 0 Å². The molecule has 24 heavy (non-hydrogen) atoms. The van der Waals surface area contributed by atoms with E-state index in [2.05, 4.69) is 20.1 Å². The second-order valence-electron chi connectivity index (χ2n) is 6.71. The van der Waals surface area contributed by atoms with Gasteiger partial charge in [0.15, 0.2) is 5.82 Å². The molecule has 1 heterocycles. The number of carbonyl (C=O) groups is 1. The molecule has 6 nitrogen and oxygen atoms in total. The molecule has 1 aliphatic rings. The summed E-state index contributed by atoms with van der Waals surface area (Å²) in [5.74, 6) is 1.25. The van der Waals surface area contributed by atoms with E-state index in [1.165, 1.54) is 0 Å². The normalized spacial score (nSPS) is 16.6. The summed E-state index contributed by atoms with van der Waals surface area (Å²) in [6.07, 6.45) is 3.29. The minimum absolute atomic E-state index is 0.289. The van der Waals surface area contributed by atoms with E-state index in [1.54, 1.807) is 6.92 Å². The summed E-state index contributed by atoms with van der Waals surface area (Å²) in [5, 5.41) is 21.5. The molecule has 1 saturated carbocycles. The molecule has 1 atom stereocenters. The summed E-state index contributed by atoms with van der Waals surface area (Å²) >= 11 is 0. The van der Waals surface area contributed by atoms with Crippen LogP contribution in [-0.4, -0.2) is 31.4 Å². The highest BCUT2D eigenvalue weighted by atomic mass is 16.3. The van der Waals surface area contributed by atoms with E-state index in [0.717, 1.165) is 30.1 Å². The van der Waals surface area contributed by atoms with Gasteiger partial charge in [0.1, 0.15) is 11.4 Å². The Hall–Kier alpha value is -2.21. The van der Waals surface area contributed by atoms with Crippen LogP contribution < -0.4 is 5.32 Å². The molecule has 0 bridgehead atoms. The predicted octanol–water partition coefficient (Wildman–Crippen LogP) is 1.92. The summed E-state index contributed by atoms with van der Waals surface area (Å²) in [4.78, 5) is 12.3. The standard InChI is InChI=1S/C18H24N4O2/c1-13-20-21-16(22(13)15-8-9-15)12-19-17(23)18(2,24)11-10-14-6-4-3-5-7-14/h3-7,15,24H,8-12H2,1-2H3,(H,19,23)/t18-/m1/s1. The number of rotatable bonds is 7. The van der Waals surface area contributed by atoms with Crippen molar-refractivity contribution < 1.29 is 9.90 Å². The highest BCUT2D eigenvalue weighted by molar-refractivity contribution is 5.84. The molecular weight excluding hydrogens is 304 g/mol. The molecule has 2 N–H and O–H groups in total. The molecule has 1 fully saturated rings. The SMILES string of the molecule is Cc1nnc(CNC(=O)[C@](C)(O)CCc2ccccc2)n1C1CC1. The molecule has 6 heteroatoms. The van der Waals surface area contributed by atoms with Gasteiger partial charge in [0, 0.05) is 6.04 Å². The summed E-state index contributed by atoms with van der Waals surface area (Å²) in [5.41, 5.74) is -0.301. The van der Waals surface area contributed by atoms with Gasteiger partial charge in [-0.3, -0.25) is 4.79 Å². The van der Waals surface area contributed by atoms with Crippen molar-refractivity contribution in [1.82, 2.24) is 20.1 Å². The van der Waals surface area contributed by atoms with Crippen LogP contribution >= 0.6 is 0 Å². The predicted molar refractivity (Wildman–Crippen MR) is 90.3 cm³/mol. The second-order valence-corrected chi connectivity index (χ2v) is 6.71. The number of aryl methyl sites for hydroxylation is 2. The Morgan fingerprint density at radius 3 is 2.71 bits per heavy atom. The van der Waals surface area contributed by atoms with Gasteiger partial charge < -0.3 is 15.0 Å². The van der Waals surface area contributed by atoms with Crippen LogP contribution in [0.3, 0.4) is 0 Å². The van der Waals surface area contributed by atoms with Crippen LogP contribution in [0.15, 0.2) is 30.3 Å². The molecule has 1 aromatic heterocycles. The average molecular weight is 328 g/mol. The second kappa shape index (κ2) is 6.73. The van der Waals surface area contributed by atoms with Gasteiger partial charge >= 0.3 is 0 Å². The number of aromatic nitrogens is 3. The fourth-order valence-electron chi connectivity index (χ4n) is 2.84. The minimum Gasteiger partial charge on any atom is -0.380 e. The number of carbonyl (C=O) groups excluding carboxylic acids is 1. The fraction of sp³-hybridized carbons (Fsp3) is 0.500. The molecule has 128 valence electrons. The maximum Gasteiger partial charge on any atom is 0.252 e. The van der Waals surface area contributed by atoms with E-state index in [9.17, 15) is 9.90 Å². The van der Waals surface area contributed by atoms with E-state index in [1.807, 2.05) is 37.3 Å². The van der Waals surface area contributed by atoms with E-state index in [-0.39, 0.29) is 12.5 Å². The van der Waals surface area contributed by atoms with Crippen molar-refractivity contribution in [3.05, 3.63) is 47.5 Å². The molecule has 1 aromatic carbocycles. The maximum absolute atomic E-state index is 12.3. The van der Waals surface area contributed by atoms with Gasteiger partial charge in [-0.25, -0.2) is 0 Å². The zero-order valence-corrected chi connectivity index (χ0v) is 14.2. The lowest BCUT2D eigenvalue weighted by Crippen LogP contribution is -2.44. The van der Waals surface area contributed by atoms with Crippen LogP contribution in [0.1, 0.15) is 49.4 Å². The summed E-state index contributed by atoms with van der Waals surface area (Å²) in [6, 6.07) is 10.3. The van der Waals surface area contributed by atoms with Crippen molar-refractivity contribution in [2.75, 3.05) is 0 Å². The molecule has 0 spiro atoms. The van der Waals surface area contributed by atoms with Gasteiger partial charge in [-0.2, -0.15) is 0 Å². The van der Waals surface area contributed by atoms with Crippen molar-refractivity contribution in [2.24, 2.45) is 0 Å². The lowest BCUT2D eigenvalue weighted by molar-refractivity contribution is -0.138. The van der Waals surface area contributed by atoms with Crippen LogP contribution in [0.2, 0.25) is 0 Å². The van der Waals surface area contributed by atoms with Crippen molar-refractivity contribution >= 4 is 5.91 Å². The Balaban J connectivity index is 1.55. The molecule has 0 aliphatic heterocycles. The zero-order chi connectivity index (χ0) is 17.2. The molecular formula is C18H24N4O2. The lowest BCUT2D eigenvalue weighted by Gasteiger charge is -2.22. The topological polar surface area (TPSA) is 80.0 Å². The minimum atomic E-state index is -1.41. The maximum atomic E-state index is 12.3. The Morgan fingerprint density at radius 1 is 1.33 bits per heavy atom. The largest absolute Gasteiger partial charge is 0.380 e. The molecule has 1 aliphatic carbocycles. The van der Waals surface area contributed by atoms with Crippen molar-refractivity contribution in [3.8, 4) is 0 Å². The third kappa shape index (κ3) is 3.82. The first-order chi connectivity index (χ1) is 11.5. The number of hydrogen-bond acceptors (Lipinski definition) is 4. The van der Waals surface area contributed by atoms with Crippen LogP contribution in [0.4, 0.5) is 0 Å².